The minimum absolute atomic E-state index is 0.0711. The van der Waals surface area contributed by atoms with Gasteiger partial charge in [0.25, 0.3) is 5.91 Å². The van der Waals surface area contributed by atoms with E-state index in [0.29, 0.717) is 12.5 Å². The van der Waals surface area contributed by atoms with Crippen LogP contribution in [-0.4, -0.2) is 35.4 Å². The van der Waals surface area contributed by atoms with Gasteiger partial charge >= 0.3 is 0 Å². The fourth-order valence-electron chi connectivity index (χ4n) is 3.14. The lowest BCUT2D eigenvalue weighted by Gasteiger charge is -2.32. The minimum Gasteiger partial charge on any atom is -0.352 e. The van der Waals surface area contributed by atoms with Crippen molar-refractivity contribution in [1.29, 1.82) is 0 Å². The molecule has 4 nitrogen and oxygen atoms in total. The zero-order chi connectivity index (χ0) is 17.6. The summed E-state index contributed by atoms with van der Waals surface area (Å²) in [6.07, 6.45) is 5.68. The number of hydrogen-bond acceptors (Lipinski definition) is 3. The van der Waals surface area contributed by atoms with Crippen molar-refractivity contribution in [3.05, 3.63) is 64.7 Å². The first-order valence-electron chi connectivity index (χ1n) is 8.47. The maximum absolute atomic E-state index is 13.8. The number of aromatic nitrogens is 1. The Hall–Kier alpha value is -1.98. The Labute approximate surface area is 152 Å². The van der Waals surface area contributed by atoms with Gasteiger partial charge in [0.2, 0.25) is 0 Å². The van der Waals surface area contributed by atoms with Crippen molar-refractivity contribution in [2.75, 3.05) is 19.6 Å². The molecular formula is C19H21ClFN3O. The van der Waals surface area contributed by atoms with E-state index in [4.69, 9.17) is 11.6 Å². The summed E-state index contributed by atoms with van der Waals surface area (Å²) in [5.41, 5.74) is 1.14. The SMILES string of the molecule is O=C(NCC1CCN(Cc2cccnc2)CC1)c1c(F)cccc1Cl. The number of hydrogen-bond donors (Lipinski definition) is 1. The molecule has 1 saturated heterocycles. The molecule has 1 fully saturated rings. The highest BCUT2D eigenvalue weighted by Crippen LogP contribution is 2.21. The molecule has 2 aromatic rings. The average Bonchev–Trinajstić information content (AvgIpc) is 2.62. The Kier molecular flexibility index (Phi) is 6.00. The summed E-state index contributed by atoms with van der Waals surface area (Å²) in [6, 6.07) is 8.30. The zero-order valence-corrected chi connectivity index (χ0v) is 14.7. The van der Waals surface area contributed by atoms with Gasteiger partial charge in [0.1, 0.15) is 5.82 Å². The summed E-state index contributed by atoms with van der Waals surface area (Å²) in [6.45, 7) is 3.41. The Morgan fingerprint density at radius 1 is 1.28 bits per heavy atom. The highest BCUT2D eigenvalue weighted by Gasteiger charge is 2.21. The lowest BCUT2D eigenvalue weighted by atomic mass is 9.96. The molecular weight excluding hydrogens is 341 g/mol. The molecule has 0 radical (unpaired) electrons. The largest absolute Gasteiger partial charge is 0.352 e. The first-order chi connectivity index (χ1) is 12.1. The van der Waals surface area contributed by atoms with Crippen LogP contribution in [0.3, 0.4) is 0 Å². The third kappa shape index (κ3) is 4.77. The summed E-state index contributed by atoms with van der Waals surface area (Å²) < 4.78 is 13.8. The van der Waals surface area contributed by atoms with E-state index in [2.05, 4.69) is 21.3 Å². The highest BCUT2D eigenvalue weighted by molar-refractivity contribution is 6.33. The van der Waals surface area contributed by atoms with Gasteiger partial charge in [-0.15, -0.1) is 0 Å². The highest BCUT2D eigenvalue weighted by atomic mass is 35.5. The molecule has 1 aliphatic heterocycles. The van der Waals surface area contributed by atoms with E-state index in [1.54, 1.807) is 6.20 Å². The third-order valence-corrected chi connectivity index (χ3v) is 4.89. The predicted molar refractivity (Wildman–Crippen MR) is 96.0 cm³/mol. The van der Waals surface area contributed by atoms with E-state index in [1.807, 2.05) is 12.3 Å². The lowest BCUT2D eigenvalue weighted by molar-refractivity contribution is 0.0931. The van der Waals surface area contributed by atoms with Gasteiger partial charge in [0.05, 0.1) is 10.6 Å². The molecule has 1 amide bonds. The van der Waals surface area contributed by atoms with Gasteiger partial charge in [0.15, 0.2) is 0 Å². The maximum atomic E-state index is 13.8. The number of halogens is 2. The molecule has 6 heteroatoms. The number of nitrogens with zero attached hydrogens (tertiary/aromatic N) is 2. The first-order valence-corrected chi connectivity index (χ1v) is 8.85. The Morgan fingerprint density at radius 2 is 2.08 bits per heavy atom. The van der Waals surface area contributed by atoms with Crippen LogP contribution in [0.2, 0.25) is 5.02 Å². The lowest BCUT2D eigenvalue weighted by Crippen LogP contribution is -2.38. The van der Waals surface area contributed by atoms with E-state index < -0.39 is 11.7 Å². The standard InChI is InChI=1S/C19H21ClFN3O/c20-16-4-1-5-17(21)18(16)19(25)23-12-14-6-9-24(10-7-14)13-15-3-2-8-22-11-15/h1-5,8,11,14H,6-7,9-10,12-13H2,(H,23,25). The molecule has 1 aromatic heterocycles. The summed E-state index contributed by atoms with van der Waals surface area (Å²) in [7, 11) is 0. The Bertz CT molecular complexity index is 698. The van der Waals surface area contributed by atoms with Crippen LogP contribution in [0.5, 0.6) is 0 Å². The van der Waals surface area contributed by atoms with Crippen molar-refractivity contribution < 1.29 is 9.18 Å². The number of amides is 1. The third-order valence-electron chi connectivity index (χ3n) is 4.58. The molecule has 132 valence electrons. The van der Waals surface area contributed by atoms with E-state index in [-0.39, 0.29) is 10.6 Å². The van der Waals surface area contributed by atoms with Crippen LogP contribution < -0.4 is 5.32 Å². The number of pyridine rings is 1. The van der Waals surface area contributed by atoms with Crippen molar-refractivity contribution >= 4 is 17.5 Å². The fraction of sp³-hybridized carbons (Fsp3) is 0.368. The number of nitrogens with one attached hydrogen (secondary N) is 1. The van der Waals surface area contributed by atoms with Gasteiger partial charge < -0.3 is 5.32 Å². The van der Waals surface area contributed by atoms with Gasteiger partial charge in [-0.25, -0.2) is 4.39 Å². The van der Waals surface area contributed by atoms with Crippen LogP contribution in [-0.2, 0) is 6.54 Å². The number of carbonyl (C=O) groups excluding carboxylic acids is 1. The predicted octanol–water partition coefficient (Wildman–Crippen LogP) is 3.52. The molecule has 1 N–H and O–H groups in total. The monoisotopic (exact) mass is 361 g/mol. The molecule has 1 aromatic carbocycles. The molecule has 0 atom stereocenters. The van der Waals surface area contributed by atoms with Gasteiger partial charge in [0, 0.05) is 25.5 Å². The van der Waals surface area contributed by atoms with Crippen molar-refractivity contribution in [1.82, 2.24) is 15.2 Å². The fourth-order valence-corrected chi connectivity index (χ4v) is 3.39. The second-order valence-electron chi connectivity index (χ2n) is 6.39. The zero-order valence-electron chi connectivity index (χ0n) is 13.9. The number of likely N-dealkylation sites (tertiary alicyclic amines) is 1. The Morgan fingerprint density at radius 3 is 2.76 bits per heavy atom. The van der Waals surface area contributed by atoms with Crippen LogP contribution in [0.25, 0.3) is 0 Å². The maximum Gasteiger partial charge on any atom is 0.255 e. The Balaban J connectivity index is 1.46. The minimum atomic E-state index is -0.587. The van der Waals surface area contributed by atoms with E-state index in [9.17, 15) is 9.18 Å². The molecule has 0 saturated carbocycles. The summed E-state index contributed by atoms with van der Waals surface area (Å²) in [5, 5.41) is 2.97. The molecule has 3 rings (SSSR count). The molecule has 1 aliphatic rings. The van der Waals surface area contributed by atoms with Crippen molar-refractivity contribution in [3.8, 4) is 0 Å². The number of benzene rings is 1. The van der Waals surface area contributed by atoms with Gasteiger partial charge in [-0.3, -0.25) is 14.7 Å². The molecule has 0 spiro atoms. The topological polar surface area (TPSA) is 45.2 Å². The molecule has 0 bridgehead atoms. The first kappa shape index (κ1) is 17.8. The molecule has 2 heterocycles. The molecule has 25 heavy (non-hydrogen) atoms. The average molecular weight is 362 g/mol. The second kappa shape index (κ2) is 8.41. The summed E-state index contributed by atoms with van der Waals surface area (Å²) in [4.78, 5) is 18.7. The molecule has 0 unspecified atom stereocenters. The van der Waals surface area contributed by atoms with Crippen LogP contribution in [0.15, 0.2) is 42.7 Å². The second-order valence-corrected chi connectivity index (χ2v) is 6.79. The van der Waals surface area contributed by atoms with Crippen LogP contribution in [0.4, 0.5) is 4.39 Å². The quantitative estimate of drug-likeness (QED) is 0.886. The smallest absolute Gasteiger partial charge is 0.255 e. The van der Waals surface area contributed by atoms with Crippen LogP contribution >= 0.6 is 11.6 Å². The summed E-state index contributed by atoms with van der Waals surface area (Å²) in [5.74, 6) is -0.628. The van der Waals surface area contributed by atoms with Crippen molar-refractivity contribution in [2.45, 2.75) is 19.4 Å². The van der Waals surface area contributed by atoms with Crippen molar-refractivity contribution in [3.63, 3.8) is 0 Å². The normalized spacial score (nSPS) is 15.9. The van der Waals surface area contributed by atoms with Gasteiger partial charge in [-0.2, -0.15) is 0 Å². The van der Waals surface area contributed by atoms with E-state index in [0.717, 1.165) is 32.5 Å². The van der Waals surface area contributed by atoms with Gasteiger partial charge in [-0.1, -0.05) is 23.7 Å². The summed E-state index contributed by atoms with van der Waals surface area (Å²) >= 11 is 5.93. The van der Waals surface area contributed by atoms with Crippen LogP contribution in [0.1, 0.15) is 28.8 Å². The van der Waals surface area contributed by atoms with Crippen LogP contribution in [0, 0.1) is 11.7 Å². The number of carbonyl (C=O) groups is 1. The van der Waals surface area contributed by atoms with Gasteiger partial charge in [-0.05, 0) is 55.6 Å². The van der Waals surface area contributed by atoms with E-state index >= 15 is 0 Å². The molecule has 0 aliphatic carbocycles. The van der Waals surface area contributed by atoms with E-state index in [1.165, 1.54) is 23.8 Å². The number of rotatable bonds is 5. The number of piperidine rings is 1. The van der Waals surface area contributed by atoms with Crippen molar-refractivity contribution in [2.24, 2.45) is 5.92 Å².